The van der Waals surface area contributed by atoms with Crippen molar-refractivity contribution in [1.82, 2.24) is 4.98 Å². The Bertz CT molecular complexity index is 524. The fourth-order valence-corrected chi connectivity index (χ4v) is 2.16. The highest BCUT2D eigenvalue weighted by molar-refractivity contribution is 5.83. The van der Waals surface area contributed by atoms with E-state index in [1.54, 1.807) is 0 Å². The van der Waals surface area contributed by atoms with Crippen molar-refractivity contribution in [2.75, 3.05) is 6.61 Å². The Labute approximate surface area is 88.6 Å². The van der Waals surface area contributed by atoms with Crippen molar-refractivity contribution in [3.8, 4) is 0 Å². The molecule has 15 heavy (non-hydrogen) atoms. The molecule has 2 aromatic rings. The Morgan fingerprint density at radius 2 is 2.20 bits per heavy atom. The SMILES string of the molecule is CC1=CCOC1c1c[nH]c2ccccc12. The number of para-hydroxylation sites is 1. The molecule has 76 valence electrons. The maximum absolute atomic E-state index is 5.71. The molecule has 2 heterocycles. The van der Waals surface area contributed by atoms with E-state index in [1.165, 1.54) is 22.0 Å². The predicted octanol–water partition coefficient (Wildman–Crippen LogP) is 3.19. The van der Waals surface area contributed by atoms with Gasteiger partial charge in [0.15, 0.2) is 0 Å². The van der Waals surface area contributed by atoms with Gasteiger partial charge in [0, 0.05) is 22.7 Å². The Balaban J connectivity index is 2.15. The van der Waals surface area contributed by atoms with Crippen LogP contribution in [-0.2, 0) is 4.74 Å². The molecule has 3 rings (SSSR count). The van der Waals surface area contributed by atoms with Crippen LogP contribution >= 0.6 is 0 Å². The van der Waals surface area contributed by atoms with Crippen LogP contribution in [0.5, 0.6) is 0 Å². The molecule has 1 N–H and O–H groups in total. The van der Waals surface area contributed by atoms with E-state index in [2.05, 4.69) is 42.4 Å². The van der Waals surface area contributed by atoms with Crippen LogP contribution in [0.3, 0.4) is 0 Å². The van der Waals surface area contributed by atoms with Gasteiger partial charge >= 0.3 is 0 Å². The van der Waals surface area contributed by atoms with Crippen molar-refractivity contribution in [3.05, 3.63) is 47.7 Å². The number of rotatable bonds is 1. The summed E-state index contributed by atoms with van der Waals surface area (Å²) in [6.07, 6.45) is 4.34. The van der Waals surface area contributed by atoms with Crippen LogP contribution in [0, 0.1) is 0 Å². The summed E-state index contributed by atoms with van der Waals surface area (Å²) in [5.41, 5.74) is 3.73. The van der Waals surface area contributed by atoms with Gasteiger partial charge < -0.3 is 9.72 Å². The van der Waals surface area contributed by atoms with Gasteiger partial charge in [0.05, 0.1) is 6.61 Å². The number of nitrogens with one attached hydrogen (secondary N) is 1. The number of aromatic nitrogens is 1. The summed E-state index contributed by atoms with van der Waals surface area (Å²) in [6, 6.07) is 8.33. The van der Waals surface area contributed by atoms with E-state index < -0.39 is 0 Å². The first-order valence-corrected chi connectivity index (χ1v) is 5.20. The minimum atomic E-state index is 0.140. The van der Waals surface area contributed by atoms with E-state index >= 15 is 0 Å². The van der Waals surface area contributed by atoms with E-state index in [9.17, 15) is 0 Å². The second-order valence-corrected chi connectivity index (χ2v) is 3.95. The maximum Gasteiger partial charge on any atom is 0.106 e. The lowest BCUT2D eigenvalue weighted by atomic mass is 10.0. The molecule has 0 radical (unpaired) electrons. The molecule has 1 aromatic heterocycles. The Hall–Kier alpha value is -1.54. The van der Waals surface area contributed by atoms with Gasteiger partial charge in [0.1, 0.15) is 6.10 Å². The highest BCUT2D eigenvalue weighted by Gasteiger charge is 2.21. The third kappa shape index (κ3) is 1.29. The van der Waals surface area contributed by atoms with E-state index in [1.807, 2.05) is 6.07 Å². The molecule has 1 aliphatic heterocycles. The summed E-state index contributed by atoms with van der Waals surface area (Å²) >= 11 is 0. The van der Waals surface area contributed by atoms with Crippen LogP contribution in [0.1, 0.15) is 18.6 Å². The van der Waals surface area contributed by atoms with Gasteiger partial charge in [-0.3, -0.25) is 0 Å². The monoisotopic (exact) mass is 199 g/mol. The number of H-pyrrole nitrogens is 1. The molecule has 1 atom stereocenters. The third-order valence-corrected chi connectivity index (χ3v) is 2.99. The van der Waals surface area contributed by atoms with Crippen LogP contribution in [0.2, 0.25) is 0 Å². The van der Waals surface area contributed by atoms with Crippen LogP contribution in [0.25, 0.3) is 10.9 Å². The van der Waals surface area contributed by atoms with E-state index in [0.29, 0.717) is 0 Å². The molecule has 0 amide bonds. The van der Waals surface area contributed by atoms with E-state index in [0.717, 1.165) is 6.61 Å². The Kier molecular flexibility index (Phi) is 1.89. The second-order valence-electron chi connectivity index (χ2n) is 3.95. The molecular formula is C13H13NO. The molecule has 1 aliphatic rings. The smallest absolute Gasteiger partial charge is 0.106 e. The lowest BCUT2D eigenvalue weighted by molar-refractivity contribution is 0.124. The van der Waals surface area contributed by atoms with Gasteiger partial charge in [-0.2, -0.15) is 0 Å². The average Bonchev–Trinajstić information content (AvgIpc) is 2.83. The molecule has 0 aliphatic carbocycles. The van der Waals surface area contributed by atoms with Crippen molar-refractivity contribution >= 4 is 10.9 Å². The molecule has 0 spiro atoms. The van der Waals surface area contributed by atoms with Crippen molar-refractivity contribution in [2.45, 2.75) is 13.0 Å². The normalized spacial score (nSPS) is 20.9. The number of hydrogen-bond donors (Lipinski definition) is 1. The minimum absolute atomic E-state index is 0.140. The van der Waals surface area contributed by atoms with Crippen LogP contribution in [0.4, 0.5) is 0 Å². The highest BCUT2D eigenvalue weighted by atomic mass is 16.5. The summed E-state index contributed by atoms with van der Waals surface area (Å²) in [7, 11) is 0. The largest absolute Gasteiger partial charge is 0.365 e. The van der Waals surface area contributed by atoms with Gasteiger partial charge in [-0.1, -0.05) is 24.3 Å². The van der Waals surface area contributed by atoms with Gasteiger partial charge in [0.25, 0.3) is 0 Å². The quantitative estimate of drug-likeness (QED) is 0.701. The number of fused-ring (bicyclic) bond motifs is 1. The van der Waals surface area contributed by atoms with Gasteiger partial charge in [0.2, 0.25) is 0 Å². The standard InChI is InChI=1S/C13H13NO/c1-9-6-7-15-13(9)11-8-14-12-5-3-2-4-10(11)12/h2-6,8,13-14H,7H2,1H3. The number of hydrogen-bond acceptors (Lipinski definition) is 1. The van der Waals surface area contributed by atoms with E-state index in [-0.39, 0.29) is 6.10 Å². The molecule has 2 nitrogen and oxygen atoms in total. The van der Waals surface area contributed by atoms with Gasteiger partial charge in [-0.05, 0) is 18.6 Å². The Morgan fingerprint density at radius 3 is 3.00 bits per heavy atom. The zero-order valence-electron chi connectivity index (χ0n) is 8.66. The van der Waals surface area contributed by atoms with Crippen molar-refractivity contribution in [3.63, 3.8) is 0 Å². The molecule has 0 bridgehead atoms. The lowest BCUT2D eigenvalue weighted by Crippen LogP contribution is -1.97. The van der Waals surface area contributed by atoms with Crippen molar-refractivity contribution in [1.29, 1.82) is 0 Å². The summed E-state index contributed by atoms with van der Waals surface area (Å²) < 4.78 is 5.71. The van der Waals surface area contributed by atoms with E-state index in [4.69, 9.17) is 4.74 Å². The molecule has 1 aromatic carbocycles. The summed E-state index contributed by atoms with van der Waals surface area (Å²) in [6.45, 7) is 2.86. The molecular weight excluding hydrogens is 186 g/mol. The van der Waals surface area contributed by atoms with Crippen molar-refractivity contribution < 1.29 is 4.74 Å². The minimum Gasteiger partial charge on any atom is -0.365 e. The van der Waals surface area contributed by atoms with Crippen LogP contribution in [0.15, 0.2) is 42.1 Å². The molecule has 0 saturated heterocycles. The highest BCUT2D eigenvalue weighted by Crippen LogP contribution is 2.34. The lowest BCUT2D eigenvalue weighted by Gasteiger charge is -2.10. The van der Waals surface area contributed by atoms with Crippen molar-refractivity contribution in [2.24, 2.45) is 0 Å². The number of ether oxygens (including phenoxy) is 1. The van der Waals surface area contributed by atoms with Gasteiger partial charge in [-0.15, -0.1) is 0 Å². The molecule has 1 unspecified atom stereocenters. The average molecular weight is 199 g/mol. The fraction of sp³-hybridized carbons (Fsp3) is 0.231. The first-order chi connectivity index (χ1) is 7.36. The molecule has 2 heteroatoms. The van der Waals surface area contributed by atoms with Gasteiger partial charge in [-0.25, -0.2) is 0 Å². The third-order valence-electron chi connectivity index (χ3n) is 2.99. The Morgan fingerprint density at radius 1 is 1.33 bits per heavy atom. The summed E-state index contributed by atoms with van der Waals surface area (Å²) in [5, 5.41) is 1.26. The molecule has 0 fully saturated rings. The first-order valence-electron chi connectivity index (χ1n) is 5.20. The fourth-order valence-electron chi connectivity index (χ4n) is 2.16. The topological polar surface area (TPSA) is 25.0 Å². The summed E-state index contributed by atoms with van der Waals surface area (Å²) in [4.78, 5) is 3.28. The van der Waals surface area contributed by atoms with Crippen LogP contribution < -0.4 is 0 Å². The molecule has 0 saturated carbocycles. The zero-order valence-corrected chi connectivity index (χ0v) is 8.66. The number of benzene rings is 1. The first kappa shape index (κ1) is 8.74. The van der Waals surface area contributed by atoms with Crippen LogP contribution in [-0.4, -0.2) is 11.6 Å². The summed E-state index contributed by atoms with van der Waals surface area (Å²) in [5.74, 6) is 0. The zero-order chi connectivity index (χ0) is 10.3. The predicted molar refractivity (Wildman–Crippen MR) is 60.7 cm³/mol. The second kappa shape index (κ2) is 3.24. The number of aromatic amines is 1. The maximum atomic E-state index is 5.71.